The molecular formula is C36H45N3O10. The summed E-state index contributed by atoms with van der Waals surface area (Å²) in [7, 11) is 4.36. The van der Waals surface area contributed by atoms with Crippen molar-refractivity contribution >= 4 is 35.4 Å². The number of nitrogens with two attached hydrogens (primary N) is 1. The Balaban J connectivity index is 2.17. The Morgan fingerprint density at radius 3 is 2.31 bits per heavy atom. The molecule has 2 aromatic rings. The van der Waals surface area contributed by atoms with E-state index in [1.54, 1.807) is 57.2 Å². The number of phenolic OH excluding ortho intramolecular Hbond substituents is 2. The summed E-state index contributed by atoms with van der Waals surface area (Å²) in [4.78, 5) is 38.2. The summed E-state index contributed by atoms with van der Waals surface area (Å²) in [5, 5.41) is 39.2. The van der Waals surface area contributed by atoms with Crippen LogP contribution in [0.15, 0.2) is 71.4 Å². The maximum atomic E-state index is 13.2. The third kappa shape index (κ3) is 9.95. The number of anilines is 2. The van der Waals surface area contributed by atoms with Crippen molar-refractivity contribution in [3.05, 3.63) is 82.5 Å². The number of primary amides is 1. The van der Waals surface area contributed by atoms with Gasteiger partial charge in [-0.3, -0.25) is 9.59 Å². The normalized spacial score (nSPS) is 25.4. The summed E-state index contributed by atoms with van der Waals surface area (Å²) in [5.74, 6) is -2.00. The maximum Gasteiger partial charge on any atom is 0.405 e. The van der Waals surface area contributed by atoms with Gasteiger partial charge >= 0.3 is 6.09 Å². The third-order valence-electron chi connectivity index (χ3n) is 8.09. The summed E-state index contributed by atoms with van der Waals surface area (Å²) in [6.07, 6.45) is 3.41. The predicted octanol–water partition coefficient (Wildman–Crippen LogP) is 5.04. The van der Waals surface area contributed by atoms with Crippen LogP contribution >= 0.6 is 0 Å². The van der Waals surface area contributed by atoms with E-state index in [2.05, 4.69) is 10.6 Å². The van der Waals surface area contributed by atoms with Crippen LogP contribution in [0.4, 0.5) is 16.2 Å². The molecule has 2 bridgehead atoms. The van der Waals surface area contributed by atoms with Gasteiger partial charge in [0.05, 0.1) is 30.7 Å². The molecule has 3 amide bonds. The van der Waals surface area contributed by atoms with Crippen LogP contribution in [0.1, 0.15) is 50.0 Å². The average molecular weight is 680 g/mol. The molecule has 0 spiro atoms. The summed E-state index contributed by atoms with van der Waals surface area (Å²) in [5.41, 5.74) is 6.75. The van der Waals surface area contributed by atoms with Gasteiger partial charge in [-0.25, -0.2) is 4.79 Å². The smallest absolute Gasteiger partial charge is 0.405 e. The quantitative estimate of drug-likeness (QED) is 0.137. The molecule has 0 radical (unpaired) electrons. The highest BCUT2D eigenvalue weighted by Gasteiger charge is 2.29. The van der Waals surface area contributed by atoms with Crippen molar-refractivity contribution in [3.8, 4) is 17.2 Å². The van der Waals surface area contributed by atoms with Crippen molar-refractivity contribution in [2.75, 3.05) is 32.0 Å². The van der Waals surface area contributed by atoms with E-state index < -0.39 is 59.7 Å². The summed E-state index contributed by atoms with van der Waals surface area (Å²) in [6, 6.07) is 7.42. The number of hydrogen-bond acceptors (Lipinski definition) is 10. The van der Waals surface area contributed by atoms with Crippen molar-refractivity contribution < 1.29 is 48.7 Å². The van der Waals surface area contributed by atoms with Crippen LogP contribution in [0.5, 0.6) is 17.2 Å². The second-order valence-electron chi connectivity index (χ2n) is 11.7. The summed E-state index contributed by atoms with van der Waals surface area (Å²) in [6.45, 7) is 6.74. The first-order valence-electron chi connectivity index (χ1n) is 15.5. The van der Waals surface area contributed by atoms with Crippen molar-refractivity contribution in [2.45, 2.75) is 58.5 Å². The molecule has 13 nitrogen and oxygen atoms in total. The molecule has 3 rings (SSSR count). The second kappa shape index (κ2) is 17.3. The Kier molecular flexibility index (Phi) is 13.6. The first kappa shape index (κ1) is 38.3. The zero-order valence-corrected chi connectivity index (χ0v) is 28.6. The standard InChI is InChI=1S/C36H45N3O10/c1-19-15-25-30(39-35(44)23-11-13-24(46-5)14-12-23)27(40)18-26(32(25)42)38-34(43)20(2)9-8-10-28(47-6)33(49-36(37)45)22(4)17-21(3)31(41)29(16-19)48-7/h8-15,17-18,21,28-29,31,33,40-42H,16H2,1-7H3,(H2,37,45)(H,38,43)(H,39,44)/b10-8?,19-15+,20-9+,22-17+/t21-,28-,29-,31+,33-/m0/s1. The van der Waals surface area contributed by atoms with E-state index in [9.17, 15) is 29.7 Å². The molecule has 0 fully saturated rings. The van der Waals surface area contributed by atoms with Gasteiger partial charge < -0.3 is 50.6 Å². The number of methoxy groups -OCH3 is 3. The molecule has 1 aliphatic rings. The largest absolute Gasteiger partial charge is 0.506 e. The zero-order valence-electron chi connectivity index (χ0n) is 28.6. The van der Waals surface area contributed by atoms with Crippen LogP contribution in [0.25, 0.3) is 6.08 Å². The van der Waals surface area contributed by atoms with E-state index in [0.717, 1.165) is 6.07 Å². The van der Waals surface area contributed by atoms with Gasteiger partial charge in [0, 0.05) is 42.9 Å². The van der Waals surface area contributed by atoms with E-state index >= 15 is 0 Å². The van der Waals surface area contributed by atoms with E-state index in [1.165, 1.54) is 46.5 Å². The topological polar surface area (TPSA) is 199 Å². The van der Waals surface area contributed by atoms with Crippen LogP contribution in [-0.4, -0.2) is 79.0 Å². The highest BCUT2D eigenvalue weighted by molar-refractivity contribution is 6.09. The van der Waals surface area contributed by atoms with Crippen molar-refractivity contribution in [1.29, 1.82) is 0 Å². The Morgan fingerprint density at radius 1 is 1.04 bits per heavy atom. The Bertz CT molecular complexity index is 1650. The van der Waals surface area contributed by atoms with Gasteiger partial charge in [0.25, 0.3) is 11.8 Å². The molecule has 0 saturated carbocycles. The molecule has 49 heavy (non-hydrogen) atoms. The number of rotatable bonds is 6. The molecule has 7 N–H and O–H groups in total. The number of carbonyl (C=O) groups is 3. The third-order valence-corrected chi connectivity index (χ3v) is 8.09. The van der Waals surface area contributed by atoms with Gasteiger partial charge in [0.1, 0.15) is 23.4 Å². The van der Waals surface area contributed by atoms with E-state index in [-0.39, 0.29) is 34.5 Å². The number of phenols is 2. The monoisotopic (exact) mass is 679 g/mol. The molecule has 264 valence electrons. The lowest BCUT2D eigenvalue weighted by molar-refractivity contribution is -0.112. The molecular weight excluding hydrogens is 634 g/mol. The first-order chi connectivity index (χ1) is 23.2. The lowest BCUT2D eigenvalue weighted by Crippen LogP contribution is -2.36. The second-order valence-corrected chi connectivity index (χ2v) is 11.7. The van der Waals surface area contributed by atoms with Gasteiger partial charge in [0.2, 0.25) is 0 Å². The van der Waals surface area contributed by atoms with Crippen molar-refractivity contribution in [3.63, 3.8) is 0 Å². The molecule has 13 heteroatoms. The number of nitrogens with one attached hydrogen (secondary N) is 2. The molecule has 0 aliphatic carbocycles. The Morgan fingerprint density at radius 2 is 1.71 bits per heavy atom. The summed E-state index contributed by atoms with van der Waals surface area (Å²) >= 11 is 0. The molecule has 2 aromatic carbocycles. The van der Waals surface area contributed by atoms with Gasteiger partial charge in [-0.1, -0.05) is 36.8 Å². The Hall–Kier alpha value is -5.11. The van der Waals surface area contributed by atoms with Crippen molar-refractivity contribution in [2.24, 2.45) is 11.7 Å². The van der Waals surface area contributed by atoms with Crippen LogP contribution in [-0.2, 0) is 19.0 Å². The molecule has 5 atom stereocenters. The number of aliphatic hydroxyl groups is 1. The number of carbonyl (C=O) groups excluding carboxylic acids is 3. The predicted molar refractivity (Wildman–Crippen MR) is 185 cm³/mol. The number of allylic oxidation sites excluding steroid dienone is 2. The van der Waals surface area contributed by atoms with Crippen molar-refractivity contribution in [1.82, 2.24) is 0 Å². The number of fused-ring (bicyclic) bond motifs is 2. The van der Waals surface area contributed by atoms with Gasteiger partial charge in [0.15, 0.2) is 6.10 Å². The molecule has 0 saturated heterocycles. The first-order valence-corrected chi connectivity index (χ1v) is 15.5. The van der Waals surface area contributed by atoms with Crippen LogP contribution < -0.4 is 21.1 Å². The number of hydrogen-bond donors (Lipinski definition) is 6. The molecule has 1 heterocycles. The minimum Gasteiger partial charge on any atom is -0.506 e. The van der Waals surface area contributed by atoms with Gasteiger partial charge in [-0.2, -0.15) is 0 Å². The SMILES string of the molecule is COc1ccc(C(=O)Nc2c(O)cc3c(O)c2/C=C(\C)C[C@H](OC)[C@H](O)[C@@H](C)/C=C(\C)[C@H](OC(N)=O)[C@@H](OC)C=C/C=C(\C)C(=O)N3)cc1. The van der Waals surface area contributed by atoms with Gasteiger partial charge in [-0.15, -0.1) is 0 Å². The minimum absolute atomic E-state index is 0.0108. The maximum absolute atomic E-state index is 13.2. The molecule has 0 aromatic heterocycles. The summed E-state index contributed by atoms with van der Waals surface area (Å²) < 4.78 is 21.8. The highest BCUT2D eigenvalue weighted by atomic mass is 16.6. The number of ether oxygens (including phenoxy) is 4. The fourth-order valence-corrected chi connectivity index (χ4v) is 5.34. The lowest BCUT2D eigenvalue weighted by atomic mass is 9.91. The fraction of sp³-hybridized carbons (Fsp3) is 0.361. The van der Waals surface area contributed by atoms with E-state index in [1.807, 2.05) is 0 Å². The molecule has 0 unspecified atom stereocenters. The zero-order chi connectivity index (χ0) is 36.4. The average Bonchev–Trinajstić information content (AvgIpc) is 3.07. The number of amides is 3. The molecule has 1 aliphatic heterocycles. The number of aromatic hydroxyl groups is 2. The number of benzene rings is 2. The van der Waals surface area contributed by atoms with E-state index in [0.29, 0.717) is 16.9 Å². The minimum atomic E-state index is -1.05. The van der Waals surface area contributed by atoms with Crippen LogP contribution in [0, 0.1) is 5.92 Å². The number of aliphatic hydroxyl groups excluding tert-OH is 1. The van der Waals surface area contributed by atoms with Crippen LogP contribution in [0.2, 0.25) is 0 Å². The van der Waals surface area contributed by atoms with Crippen LogP contribution in [0.3, 0.4) is 0 Å². The van der Waals surface area contributed by atoms with E-state index in [4.69, 9.17) is 24.7 Å². The Labute approximate surface area is 285 Å². The van der Waals surface area contributed by atoms with Gasteiger partial charge in [-0.05, 0) is 63.1 Å². The lowest BCUT2D eigenvalue weighted by Gasteiger charge is -2.28. The fourth-order valence-electron chi connectivity index (χ4n) is 5.34. The highest BCUT2D eigenvalue weighted by Crippen LogP contribution is 2.42.